The van der Waals surface area contributed by atoms with Gasteiger partial charge in [-0.15, -0.1) is 12.4 Å². The average molecular weight is 165 g/mol. The number of nitrogens with one attached hydrogen (secondary N) is 2. The molecule has 1 aromatic rings. The Morgan fingerprint density at radius 1 is 1.56 bits per heavy atom. The van der Waals surface area contributed by atoms with Crippen LogP contribution in [0.1, 0.15) is 12.6 Å². The van der Waals surface area contributed by atoms with Gasteiger partial charge in [0.1, 0.15) is 4.64 Å². The van der Waals surface area contributed by atoms with Crippen molar-refractivity contribution in [3.8, 4) is 0 Å². The van der Waals surface area contributed by atoms with E-state index in [4.69, 9.17) is 12.2 Å². The summed E-state index contributed by atoms with van der Waals surface area (Å²) in [6.45, 7) is 2.08. The standard InChI is InChI=1S/C5H8N2S.ClH/c1-2-4-3-5(8)7-6-4;/h3H,2H2,1H3,(H2,6,7,8);1H. The molecule has 52 valence electrons. The molecule has 0 aliphatic carbocycles. The molecule has 0 unspecified atom stereocenters. The van der Waals surface area contributed by atoms with Crippen molar-refractivity contribution >= 4 is 24.6 Å². The molecule has 2 nitrogen and oxygen atoms in total. The number of aromatic nitrogens is 2. The van der Waals surface area contributed by atoms with E-state index < -0.39 is 0 Å². The van der Waals surface area contributed by atoms with E-state index in [1.54, 1.807) is 0 Å². The highest BCUT2D eigenvalue weighted by Crippen LogP contribution is 1.92. The Balaban J connectivity index is 0.000000640. The molecule has 0 fully saturated rings. The lowest BCUT2D eigenvalue weighted by atomic mass is 10.4. The summed E-state index contributed by atoms with van der Waals surface area (Å²) >= 11 is 4.81. The summed E-state index contributed by atoms with van der Waals surface area (Å²) in [5.74, 6) is 0. The Kier molecular flexibility index (Phi) is 3.58. The predicted molar refractivity (Wildman–Crippen MR) is 42.6 cm³/mol. The summed E-state index contributed by atoms with van der Waals surface area (Å²) in [7, 11) is 0. The molecule has 1 heterocycles. The van der Waals surface area contributed by atoms with Crippen molar-refractivity contribution in [2.75, 3.05) is 0 Å². The van der Waals surface area contributed by atoms with Crippen LogP contribution in [-0.4, -0.2) is 10.2 Å². The Morgan fingerprint density at radius 2 is 2.22 bits per heavy atom. The van der Waals surface area contributed by atoms with Crippen molar-refractivity contribution in [3.05, 3.63) is 16.4 Å². The molecular formula is C5H9ClN2S. The SMILES string of the molecule is CCc1cc(=S)[nH][nH]1.Cl. The molecule has 4 heteroatoms. The van der Waals surface area contributed by atoms with Gasteiger partial charge in [0.25, 0.3) is 0 Å². The number of rotatable bonds is 1. The van der Waals surface area contributed by atoms with E-state index in [-0.39, 0.29) is 12.4 Å². The molecule has 2 N–H and O–H groups in total. The van der Waals surface area contributed by atoms with Crippen LogP contribution in [0.2, 0.25) is 0 Å². The van der Waals surface area contributed by atoms with Crippen molar-refractivity contribution in [3.63, 3.8) is 0 Å². The Morgan fingerprint density at radius 3 is 2.44 bits per heavy atom. The van der Waals surface area contributed by atoms with Crippen molar-refractivity contribution in [2.45, 2.75) is 13.3 Å². The van der Waals surface area contributed by atoms with Crippen LogP contribution in [0.5, 0.6) is 0 Å². The molecule has 0 saturated carbocycles. The number of hydrogen-bond donors (Lipinski definition) is 2. The van der Waals surface area contributed by atoms with Crippen LogP contribution in [0.25, 0.3) is 0 Å². The third-order valence-corrected chi connectivity index (χ3v) is 1.25. The van der Waals surface area contributed by atoms with Crippen LogP contribution in [0, 0.1) is 4.64 Å². The zero-order valence-corrected chi connectivity index (χ0v) is 6.73. The summed E-state index contributed by atoms with van der Waals surface area (Å²) < 4.78 is 0.779. The molecule has 0 spiro atoms. The number of H-pyrrole nitrogens is 2. The van der Waals surface area contributed by atoms with Gasteiger partial charge in [-0.25, -0.2) is 0 Å². The second-order valence-electron chi connectivity index (χ2n) is 1.64. The van der Waals surface area contributed by atoms with E-state index >= 15 is 0 Å². The summed E-state index contributed by atoms with van der Waals surface area (Å²) in [5.41, 5.74) is 1.16. The van der Waals surface area contributed by atoms with Crippen molar-refractivity contribution in [2.24, 2.45) is 0 Å². The number of aryl methyl sites for hydroxylation is 1. The zero-order chi connectivity index (χ0) is 5.98. The predicted octanol–water partition coefficient (Wildman–Crippen LogP) is 2.06. The molecule has 1 aromatic heterocycles. The van der Waals surface area contributed by atoms with Gasteiger partial charge in [-0.1, -0.05) is 19.1 Å². The topological polar surface area (TPSA) is 31.6 Å². The molecule has 0 saturated heterocycles. The van der Waals surface area contributed by atoms with Crippen LogP contribution in [0.15, 0.2) is 6.07 Å². The smallest absolute Gasteiger partial charge is 0.119 e. The number of halogens is 1. The lowest BCUT2D eigenvalue weighted by Crippen LogP contribution is -1.75. The molecule has 0 aliphatic rings. The minimum Gasteiger partial charge on any atom is -0.304 e. The summed E-state index contributed by atoms with van der Waals surface area (Å²) in [6, 6.07) is 1.93. The lowest BCUT2D eigenvalue weighted by Gasteiger charge is -1.80. The van der Waals surface area contributed by atoms with Gasteiger partial charge in [0.2, 0.25) is 0 Å². The van der Waals surface area contributed by atoms with E-state index in [0.29, 0.717) is 0 Å². The maximum Gasteiger partial charge on any atom is 0.119 e. The highest BCUT2D eigenvalue weighted by Gasteiger charge is 1.85. The summed E-state index contributed by atoms with van der Waals surface area (Å²) in [6.07, 6.45) is 1.01. The van der Waals surface area contributed by atoms with E-state index in [1.807, 2.05) is 6.07 Å². The third-order valence-electron chi connectivity index (χ3n) is 1.03. The van der Waals surface area contributed by atoms with Gasteiger partial charge in [-0.3, -0.25) is 5.10 Å². The van der Waals surface area contributed by atoms with E-state index in [9.17, 15) is 0 Å². The van der Waals surface area contributed by atoms with E-state index in [2.05, 4.69) is 17.1 Å². The fourth-order valence-corrected chi connectivity index (χ4v) is 0.756. The average Bonchev–Trinajstić information content (AvgIpc) is 2.14. The van der Waals surface area contributed by atoms with Crippen molar-refractivity contribution in [1.29, 1.82) is 0 Å². The second-order valence-corrected chi connectivity index (χ2v) is 2.08. The lowest BCUT2D eigenvalue weighted by molar-refractivity contribution is 0.971. The Bertz CT molecular complexity index is 215. The fourth-order valence-electron chi connectivity index (χ4n) is 0.563. The van der Waals surface area contributed by atoms with E-state index in [0.717, 1.165) is 16.8 Å². The van der Waals surface area contributed by atoms with Gasteiger partial charge in [-0.2, -0.15) is 0 Å². The molecule has 0 bridgehead atoms. The van der Waals surface area contributed by atoms with Crippen LogP contribution in [0.3, 0.4) is 0 Å². The number of aromatic amines is 2. The monoisotopic (exact) mass is 164 g/mol. The van der Waals surface area contributed by atoms with Gasteiger partial charge in [0.05, 0.1) is 0 Å². The van der Waals surface area contributed by atoms with Crippen molar-refractivity contribution < 1.29 is 0 Å². The van der Waals surface area contributed by atoms with Gasteiger partial charge < -0.3 is 5.10 Å². The van der Waals surface area contributed by atoms with Crippen molar-refractivity contribution in [1.82, 2.24) is 10.2 Å². The van der Waals surface area contributed by atoms with Gasteiger partial charge in [0.15, 0.2) is 0 Å². The van der Waals surface area contributed by atoms with Crippen LogP contribution >= 0.6 is 24.6 Å². The van der Waals surface area contributed by atoms with Gasteiger partial charge in [-0.05, 0) is 12.5 Å². The Hall–Kier alpha value is -0.280. The molecule has 9 heavy (non-hydrogen) atoms. The minimum absolute atomic E-state index is 0. The van der Waals surface area contributed by atoms with Crippen LogP contribution < -0.4 is 0 Å². The first-order valence-electron chi connectivity index (χ1n) is 2.59. The fraction of sp³-hybridized carbons (Fsp3) is 0.400. The third kappa shape index (κ3) is 2.20. The zero-order valence-electron chi connectivity index (χ0n) is 5.10. The highest BCUT2D eigenvalue weighted by atomic mass is 35.5. The second kappa shape index (κ2) is 3.69. The minimum atomic E-state index is 0. The molecule has 0 aliphatic heterocycles. The molecular weight excluding hydrogens is 156 g/mol. The molecule has 0 amide bonds. The maximum atomic E-state index is 4.81. The maximum absolute atomic E-state index is 4.81. The quantitative estimate of drug-likeness (QED) is 0.612. The first-order valence-corrected chi connectivity index (χ1v) is 3.00. The van der Waals surface area contributed by atoms with Gasteiger partial charge in [0, 0.05) is 5.69 Å². The molecule has 1 rings (SSSR count). The normalized spacial score (nSPS) is 8.56. The number of hydrogen-bond acceptors (Lipinski definition) is 1. The van der Waals surface area contributed by atoms with Gasteiger partial charge >= 0.3 is 0 Å². The summed E-state index contributed by atoms with van der Waals surface area (Å²) in [4.78, 5) is 0. The van der Waals surface area contributed by atoms with E-state index in [1.165, 1.54) is 0 Å². The van der Waals surface area contributed by atoms with Crippen LogP contribution in [0.4, 0.5) is 0 Å². The van der Waals surface area contributed by atoms with Crippen LogP contribution in [-0.2, 0) is 6.42 Å². The summed E-state index contributed by atoms with van der Waals surface area (Å²) in [5, 5.41) is 5.74. The molecule has 0 aromatic carbocycles. The first-order chi connectivity index (χ1) is 3.83. The molecule has 0 radical (unpaired) electrons. The largest absolute Gasteiger partial charge is 0.304 e. The molecule has 0 atom stereocenters. The first kappa shape index (κ1) is 8.72. The Labute approximate surface area is 65.1 Å². The highest BCUT2D eigenvalue weighted by molar-refractivity contribution is 7.71.